The van der Waals surface area contributed by atoms with E-state index < -0.39 is 0 Å². The Labute approximate surface area is 240 Å². The Morgan fingerprint density at radius 1 is 1.07 bits per heavy atom. The number of nitrogens with one attached hydrogen (secondary N) is 2. The quantitative estimate of drug-likeness (QED) is 0.218. The minimum Gasteiger partial charge on any atom is -0.473 e. The standard InChI is InChI=1S/C28H34N4O2.C2H6.CH5N.CH2O/c1-5-9-26(33)32(24-17-19(3)18(2)16-22(24)20-12-13-20)25-15-14-23(30-4)27(31-25)28(29)34-21-10-7-6-8-11-21;3*1-2/h14-17,20-21,29-30H,6-8,10-13H2,1-4H3;1-2H3;2H2,1H3;1H2. The van der Waals surface area contributed by atoms with E-state index in [1.807, 2.05) is 32.8 Å². The summed E-state index contributed by atoms with van der Waals surface area (Å²) < 4.78 is 6.02. The molecular formula is C32H47N5O3. The lowest BCUT2D eigenvalue weighted by atomic mass is 9.98. The van der Waals surface area contributed by atoms with Crippen molar-refractivity contribution in [2.75, 3.05) is 24.3 Å². The van der Waals surface area contributed by atoms with Crippen molar-refractivity contribution in [3.63, 3.8) is 0 Å². The third-order valence-electron chi connectivity index (χ3n) is 6.77. The summed E-state index contributed by atoms with van der Waals surface area (Å²) in [5.41, 5.74) is 9.91. The molecule has 8 nitrogen and oxygen atoms in total. The third kappa shape index (κ3) is 8.92. The molecule has 0 aliphatic heterocycles. The van der Waals surface area contributed by atoms with Gasteiger partial charge in [-0.3, -0.25) is 15.1 Å². The molecule has 2 fully saturated rings. The van der Waals surface area contributed by atoms with Gasteiger partial charge in [0.2, 0.25) is 5.90 Å². The number of ether oxygens (including phenoxy) is 1. The maximum Gasteiger partial charge on any atom is 0.308 e. The molecule has 0 atom stereocenters. The number of nitrogens with two attached hydrogens (primary N) is 1. The van der Waals surface area contributed by atoms with Crippen LogP contribution in [0.4, 0.5) is 17.2 Å². The van der Waals surface area contributed by atoms with Crippen LogP contribution >= 0.6 is 0 Å². The number of rotatable bonds is 6. The zero-order valence-electron chi connectivity index (χ0n) is 25.3. The average Bonchev–Trinajstić information content (AvgIpc) is 3.84. The van der Waals surface area contributed by atoms with Gasteiger partial charge in [0.05, 0.1) is 11.4 Å². The highest BCUT2D eigenvalue weighted by molar-refractivity contribution is 6.11. The van der Waals surface area contributed by atoms with E-state index in [0.717, 1.165) is 55.3 Å². The Bertz CT molecular complexity index is 1180. The Morgan fingerprint density at radius 3 is 2.23 bits per heavy atom. The number of aryl methyl sites for hydroxylation is 2. The van der Waals surface area contributed by atoms with Crippen molar-refractivity contribution in [1.29, 1.82) is 5.41 Å². The number of pyridine rings is 1. The average molecular weight is 550 g/mol. The number of aromatic nitrogens is 1. The van der Waals surface area contributed by atoms with E-state index in [1.165, 1.54) is 19.0 Å². The van der Waals surface area contributed by atoms with Gasteiger partial charge >= 0.3 is 5.91 Å². The van der Waals surface area contributed by atoms with Crippen LogP contribution < -0.4 is 16.0 Å². The lowest BCUT2D eigenvalue weighted by Crippen LogP contribution is -2.28. The summed E-state index contributed by atoms with van der Waals surface area (Å²) in [7, 11) is 3.30. The van der Waals surface area contributed by atoms with Crippen LogP contribution in [0.15, 0.2) is 24.3 Å². The minimum absolute atomic E-state index is 0.0366. The molecule has 0 radical (unpaired) electrons. The van der Waals surface area contributed by atoms with Crippen molar-refractivity contribution < 1.29 is 14.3 Å². The summed E-state index contributed by atoms with van der Waals surface area (Å²) in [5.74, 6) is 6.05. The van der Waals surface area contributed by atoms with E-state index in [9.17, 15) is 4.79 Å². The summed E-state index contributed by atoms with van der Waals surface area (Å²) in [5, 5.41) is 11.8. The molecule has 4 N–H and O–H groups in total. The van der Waals surface area contributed by atoms with Crippen LogP contribution in [0.2, 0.25) is 0 Å². The van der Waals surface area contributed by atoms with Crippen LogP contribution in [0.5, 0.6) is 0 Å². The zero-order chi connectivity index (χ0) is 30.2. The van der Waals surface area contributed by atoms with Gasteiger partial charge in [0.15, 0.2) is 0 Å². The second-order valence-corrected chi connectivity index (χ2v) is 9.31. The smallest absolute Gasteiger partial charge is 0.308 e. The Morgan fingerprint density at radius 2 is 1.68 bits per heavy atom. The van der Waals surface area contributed by atoms with E-state index in [-0.39, 0.29) is 17.9 Å². The maximum absolute atomic E-state index is 13.3. The van der Waals surface area contributed by atoms with Gasteiger partial charge in [-0.1, -0.05) is 32.3 Å². The van der Waals surface area contributed by atoms with Crippen LogP contribution in [-0.2, 0) is 14.3 Å². The van der Waals surface area contributed by atoms with Crippen LogP contribution in [0.25, 0.3) is 0 Å². The second kappa shape index (κ2) is 17.8. The Hall–Kier alpha value is -3.70. The highest BCUT2D eigenvalue weighted by atomic mass is 16.5. The lowest BCUT2D eigenvalue weighted by molar-refractivity contribution is -0.112. The van der Waals surface area contributed by atoms with Gasteiger partial charge in [0.1, 0.15) is 24.4 Å². The van der Waals surface area contributed by atoms with Crippen LogP contribution in [0.3, 0.4) is 0 Å². The highest BCUT2D eigenvalue weighted by Gasteiger charge is 2.31. The van der Waals surface area contributed by atoms with Gasteiger partial charge in [-0.15, -0.1) is 0 Å². The number of nitrogens with zero attached hydrogens (tertiary/aromatic N) is 2. The van der Waals surface area contributed by atoms with Crippen molar-refractivity contribution >= 4 is 35.8 Å². The molecule has 40 heavy (non-hydrogen) atoms. The fraction of sp³-hybridized carbons (Fsp3) is 0.500. The topological polar surface area (TPSA) is 121 Å². The number of hydrogen-bond donors (Lipinski definition) is 3. The highest BCUT2D eigenvalue weighted by Crippen LogP contribution is 2.46. The molecule has 4 rings (SSSR count). The van der Waals surface area contributed by atoms with Gasteiger partial charge in [-0.2, -0.15) is 0 Å². The second-order valence-electron chi connectivity index (χ2n) is 9.31. The Balaban J connectivity index is 0.00000125. The maximum atomic E-state index is 13.3. The number of amides is 1. The van der Waals surface area contributed by atoms with Crippen LogP contribution in [0, 0.1) is 31.1 Å². The molecular weight excluding hydrogens is 502 g/mol. The molecule has 2 aliphatic rings. The molecule has 2 aliphatic carbocycles. The number of carbonyl (C=O) groups is 2. The molecule has 8 heteroatoms. The zero-order valence-corrected chi connectivity index (χ0v) is 25.3. The molecule has 2 saturated carbocycles. The molecule has 2 aromatic rings. The van der Waals surface area contributed by atoms with Crippen molar-refractivity contribution in [3.8, 4) is 11.8 Å². The normalized spacial score (nSPS) is 13.8. The van der Waals surface area contributed by atoms with Crippen molar-refractivity contribution in [2.24, 2.45) is 5.73 Å². The van der Waals surface area contributed by atoms with Crippen molar-refractivity contribution in [2.45, 2.75) is 91.6 Å². The van der Waals surface area contributed by atoms with Crippen LogP contribution in [-0.4, -0.2) is 43.8 Å². The van der Waals surface area contributed by atoms with Gasteiger partial charge in [-0.25, -0.2) is 4.98 Å². The molecule has 0 unspecified atom stereocenters. The molecule has 0 spiro atoms. The molecule has 0 saturated heterocycles. The SMILES string of the molecule is C=O.CC.CC#CC(=O)N(c1ccc(NC)c(C(=N)OC2CCCCC2)n1)c1cc(C)c(C)cc1C1CC1.CN. The predicted octanol–water partition coefficient (Wildman–Crippen LogP) is 6.40. The molecule has 1 aromatic heterocycles. The number of hydrogen-bond acceptors (Lipinski definition) is 7. The fourth-order valence-electron chi connectivity index (χ4n) is 4.59. The van der Waals surface area contributed by atoms with E-state index in [4.69, 9.17) is 19.9 Å². The fourth-order valence-corrected chi connectivity index (χ4v) is 4.59. The van der Waals surface area contributed by atoms with Crippen molar-refractivity contribution in [3.05, 3.63) is 46.6 Å². The molecule has 0 bridgehead atoms. The minimum atomic E-state index is -0.331. The summed E-state index contributed by atoms with van der Waals surface area (Å²) in [4.78, 5) is 27.7. The van der Waals surface area contributed by atoms with E-state index in [0.29, 0.717) is 23.1 Å². The van der Waals surface area contributed by atoms with Gasteiger partial charge in [0, 0.05) is 7.05 Å². The molecule has 218 valence electrons. The number of carbonyl (C=O) groups excluding carboxylic acids is 2. The van der Waals surface area contributed by atoms with Crippen molar-refractivity contribution in [1.82, 2.24) is 4.98 Å². The first-order chi connectivity index (χ1) is 19.4. The Kier molecular flexibility index (Phi) is 15.3. The van der Waals surface area contributed by atoms with Gasteiger partial charge in [0.25, 0.3) is 0 Å². The summed E-state index contributed by atoms with van der Waals surface area (Å²) in [6.07, 6.45) is 7.67. The van der Waals surface area contributed by atoms with Gasteiger partial charge in [-0.05, 0) is 113 Å². The van der Waals surface area contributed by atoms with Gasteiger partial charge < -0.3 is 20.6 Å². The largest absolute Gasteiger partial charge is 0.473 e. The first kappa shape index (κ1) is 34.3. The van der Waals surface area contributed by atoms with E-state index in [1.54, 1.807) is 18.9 Å². The molecule has 1 amide bonds. The molecule has 1 heterocycles. The number of anilines is 3. The van der Waals surface area contributed by atoms with Crippen LogP contribution in [0.1, 0.15) is 94.0 Å². The predicted molar refractivity (Wildman–Crippen MR) is 166 cm³/mol. The molecule has 1 aromatic carbocycles. The first-order valence-corrected chi connectivity index (χ1v) is 14.1. The lowest BCUT2D eigenvalue weighted by Gasteiger charge is -2.26. The van der Waals surface area contributed by atoms with E-state index in [2.05, 4.69) is 48.9 Å². The number of benzene rings is 1. The summed E-state index contributed by atoms with van der Waals surface area (Å²) in [6.45, 7) is 11.8. The summed E-state index contributed by atoms with van der Waals surface area (Å²) >= 11 is 0. The summed E-state index contributed by atoms with van der Waals surface area (Å²) in [6, 6.07) is 7.92. The first-order valence-electron chi connectivity index (χ1n) is 14.1. The monoisotopic (exact) mass is 549 g/mol. The third-order valence-corrected chi connectivity index (χ3v) is 6.77. The van der Waals surface area contributed by atoms with E-state index >= 15 is 0 Å².